The monoisotopic (exact) mass is 267 g/mol. The van der Waals surface area contributed by atoms with Gasteiger partial charge in [0.1, 0.15) is 17.5 Å². The number of aliphatic hydroxyl groups is 1. The van der Waals surface area contributed by atoms with E-state index in [0.29, 0.717) is 18.2 Å². The molecule has 0 aliphatic heterocycles. The first-order valence-electron chi connectivity index (χ1n) is 6.68. The maximum Gasteiger partial charge on any atom is 0.148 e. The van der Waals surface area contributed by atoms with E-state index < -0.39 is 0 Å². The van der Waals surface area contributed by atoms with Crippen LogP contribution in [0.15, 0.2) is 0 Å². The van der Waals surface area contributed by atoms with Crippen LogP contribution in [0.2, 0.25) is 0 Å². The standard InChI is InChI=1S/C13H25N5O/c1-5-13(6-2,8-19)7-15-11-9(3)12(18-14)17-10(4)16-11/h19H,5-8,14H2,1-4H3,(H2,15,16,17,18). The molecule has 1 rings (SSSR count). The lowest BCUT2D eigenvalue weighted by molar-refractivity contribution is 0.127. The molecule has 0 saturated heterocycles. The molecule has 19 heavy (non-hydrogen) atoms. The molecule has 1 aromatic rings. The molecular weight excluding hydrogens is 242 g/mol. The molecule has 108 valence electrons. The number of anilines is 2. The maximum atomic E-state index is 9.57. The van der Waals surface area contributed by atoms with E-state index in [1.54, 1.807) is 0 Å². The van der Waals surface area contributed by atoms with E-state index in [1.165, 1.54) is 0 Å². The highest BCUT2D eigenvalue weighted by molar-refractivity contribution is 5.56. The van der Waals surface area contributed by atoms with Crippen molar-refractivity contribution in [3.63, 3.8) is 0 Å². The molecule has 0 unspecified atom stereocenters. The molecule has 5 N–H and O–H groups in total. The summed E-state index contributed by atoms with van der Waals surface area (Å²) in [7, 11) is 0. The van der Waals surface area contributed by atoms with Gasteiger partial charge in [-0.25, -0.2) is 15.8 Å². The predicted octanol–water partition coefficient (Wildman–Crippen LogP) is 1.59. The van der Waals surface area contributed by atoms with E-state index in [4.69, 9.17) is 5.84 Å². The molecule has 0 aromatic carbocycles. The van der Waals surface area contributed by atoms with E-state index in [0.717, 1.165) is 24.2 Å². The Balaban J connectivity index is 2.91. The van der Waals surface area contributed by atoms with Crippen LogP contribution in [-0.2, 0) is 0 Å². The van der Waals surface area contributed by atoms with Crippen molar-refractivity contribution in [1.29, 1.82) is 0 Å². The Morgan fingerprint density at radius 1 is 1.16 bits per heavy atom. The van der Waals surface area contributed by atoms with Crippen LogP contribution in [0, 0.1) is 19.3 Å². The van der Waals surface area contributed by atoms with Crippen molar-refractivity contribution in [1.82, 2.24) is 9.97 Å². The van der Waals surface area contributed by atoms with E-state index >= 15 is 0 Å². The molecule has 0 aliphatic rings. The van der Waals surface area contributed by atoms with Gasteiger partial charge >= 0.3 is 0 Å². The highest BCUT2D eigenvalue weighted by Gasteiger charge is 2.25. The number of hydrogen-bond donors (Lipinski definition) is 4. The van der Waals surface area contributed by atoms with Gasteiger partial charge in [0.25, 0.3) is 0 Å². The van der Waals surface area contributed by atoms with E-state index in [1.807, 2.05) is 13.8 Å². The summed E-state index contributed by atoms with van der Waals surface area (Å²) >= 11 is 0. The Morgan fingerprint density at radius 2 is 1.74 bits per heavy atom. The Hall–Kier alpha value is -1.40. The Bertz CT molecular complexity index is 409. The summed E-state index contributed by atoms with van der Waals surface area (Å²) < 4.78 is 0. The first-order chi connectivity index (χ1) is 9.01. The molecule has 0 bridgehead atoms. The van der Waals surface area contributed by atoms with Crippen molar-refractivity contribution in [3.05, 3.63) is 11.4 Å². The van der Waals surface area contributed by atoms with Crippen LogP contribution in [0.1, 0.15) is 38.1 Å². The second-order valence-electron chi connectivity index (χ2n) is 4.96. The minimum atomic E-state index is -0.110. The number of nitrogen functional groups attached to an aromatic ring is 1. The number of aromatic nitrogens is 2. The summed E-state index contributed by atoms with van der Waals surface area (Å²) in [5.74, 6) is 7.48. The lowest BCUT2D eigenvalue weighted by Crippen LogP contribution is -2.33. The van der Waals surface area contributed by atoms with Crippen LogP contribution in [0.4, 0.5) is 11.6 Å². The summed E-state index contributed by atoms with van der Waals surface area (Å²) in [5.41, 5.74) is 3.35. The quantitative estimate of drug-likeness (QED) is 0.442. The van der Waals surface area contributed by atoms with Gasteiger partial charge < -0.3 is 15.8 Å². The zero-order valence-electron chi connectivity index (χ0n) is 12.2. The van der Waals surface area contributed by atoms with Crippen molar-refractivity contribution in [2.24, 2.45) is 11.3 Å². The third kappa shape index (κ3) is 3.54. The van der Waals surface area contributed by atoms with Crippen molar-refractivity contribution in [2.45, 2.75) is 40.5 Å². The lowest BCUT2D eigenvalue weighted by Gasteiger charge is -2.30. The molecule has 0 amide bonds. The number of aliphatic hydroxyl groups excluding tert-OH is 1. The number of nitrogens with one attached hydrogen (secondary N) is 2. The highest BCUT2D eigenvalue weighted by Crippen LogP contribution is 2.27. The Labute approximate surface area is 114 Å². The number of nitrogens with two attached hydrogens (primary N) is 1. The molecule has 0 atom stereocenters. The van der Waals surface area contributed by atoms with Gasteiger partial charge in [-0.1, -0.05) is 13.8 Å². The van der Waals surface area contributed by atoms with Gasteiger partial charge in [-0.15, -0.1) is 0 Å². The fraction of sp³-hybridized carbons (Fsp3) is 0.692. The van der Waals surface area contributed by atoms with E-state index in [2.05, 4.69) is 34.6 Å². The van der Waals surface area contributed by atoms with Gasteiger partial charge in [-0.3, -0.25) is 0 Å². The van der Waals surface area contributed by atoms with Crippen LogP contribution < -0.4 is 16.6 Å². The third-order valence-electron chi connectivity index (χ3n) is 3.86. The molecule has 0 spiro atoms. The molecule has 6 heteroatoms. The summed E-state index contributed by atoms with van der Waals surface area (Å²) in [4.78, 5) is 8.61. The van der Waals surface area contributed by atoms with Crippen molar-refractivity contribution in [2.75, 3.05) is 23.9 Å². The second-order valence-corrected chi connectivity index (χ2v) is 4.96. The summed E-state index contributed by atoms with van der Waals surface area (Å²) in [6.45, 7) is 8.76. The number of hydrazine groups is 1. The van der Waals surface area contributed by atoms with E-state index in [9.17, 15) is 5.11 Å². The van der Waals surface area contributed by atoms with Crippen LogP contribution >= 0.6 is 0 Å². The average molecular weight is 267 g/mol. The maximum absolute atomic E-state index is 9.57. The minimum absolute atomic E-state index is 0.110. The molecular formula is C13H25N5O. The highest BCUT2D eigenvalue weighted by atomic mass is 16.3. The minimum Gasteiger partial charge on any atom is -0.396 e. The molecule has 1 heterocycles. The van der Waals surface area contributed by atoms with Crippen molar-refractivity contribution >= 4 is 11.6 Å². The zero-order valence-corrected chi connectivity index (χ0v) is 12.2. The van der Waals surface area contributed by atoms with Crippen molar-refractivity contribution < 1.29 is 5.11 Å². The van der Waals surface area contributed by atoms with Gasteiger partial charge in [0, 0.05) is 17.5 Å². The molecule has 6 nitrogen and oxygen atoms in total. The molecule has 1 aromatic heterocycles. The summed E-state index contributed by atoms with van der Waals surface area (Å²) in [6.07, 6.45) is 1.83. The van der Waals surface area contributed by atoms with Gasteiger partial charge in [0.05, 0.1) is 6.61 Å². The smallest absolute Gasteiger partial charge is 0.148 e. The van der Waals surface area contributed by atoms with Crippen LogP contribution in [-0.4, -0.2) is 28.2 Å². The topological polar surface area (TPSA) is 96.1 Å². The first-order valence-corrected chi connectivity index (χ1v) is 6.68. The summed E-state index contributed by atoms with van der Waals surface area (Å²) in [6, 6.07) is 0. The predicted molar refractivity (Wildman–Crippen MR) is 77.9 cm³/mol. The number of nitrogens with zero attached hydrogens (tertiary/aromatic N) is 2. The second kappa shape index (κ2) is 6.68. The van der Waals surface area contributed by atoms with Crippen LogP contribution in [0.5, 0.6) is 0 Å². The average Bonchev–Trinajstić information content (AvgIpc) is 2.44. The molecule has 0 aliphatic carbocycles. The molecule has 0 saturated carbocycles. The molecule has 0 radical (unpaired) electrons. The number of aryl methyl sites for hydroxylation is 1. The van der Waals surface area contributed by atoms with Crippen molar-refractivity contribution in [3.8, 4) is 0 Å². The number of rotatable bonds is 7. The van der Waals surface area contributed by atoms with Gasteiger partial charge in [-0.2, -0.15) is 0 Å². The first kappa shape index (κ1) is 15.7. The van der Waals surface area contributed by atoms with Gasteiger partial charge in [0.15, 0.2) is 0 Å². The molecule has 0 fully saturated rings. The van der Waals surface area contributed by atoms with Gasteiger partial charge in [0.2, 0.25) is 0 Å². The van der Waals surface area contributed by atoms with Crippen LogP contribution in [0.3, 0.4) is 0 Å². The lowest BCUT2D eigenvalue weighted by atomic mass is 9.83. The van der Waals surface area contributed by atoms with Gasteiger partial charge in [-0.05, 0) is 26.7 Å². The normalized spacial score (nSPS) is 11.5. The summed E-state index contributed by atoms with van der Waals surface area (Å²) in [5, 5.41) is 12.9. The largest absolute Gasteiger partial charge is 0.396 e. The fourth-order valence-electron chi connectivity index (χ4n) is 1.99. The van der Waals surface area contributed by atoms with Crippen LogP contribution in [0.25, 0.3) is 0 Å². The number of hydrogen-bond acceptors (Lipinski definition) is 6. The Morgan fingerprint density at radius 3 is 2.21 bits per heavy atom. The fourth-order valence-corrected chi connectivity index (χ4v) is 1.99. The zero-order chi connectivity index (χ0) is 14.5. The third-order valence-corrected chi connectivity index (χ3v) is 3.86. The SMILES string of the molecule is CCC(CC)(CO)CNc1nc(C)nc(NN)c1C. The van der Waals surface area contributed by atoms with E-state index in [-0.39, 0.29) is 12.0 Å². The Kier molecular flexibility index (Phi) is 5.50.